The standard InChI is InChI=1S/C9H6Br2N2O2/c10-5-1-2-6(7(11)3-5)9-12-8(4-14)15-13-9/h1-3,14H,4H2. The van der Waals surface area contributed by atoms with Crippen LogP contribution in [-0.4, -0.2) is 15.2 Å². The van der Waals surface area contributed by atoms with Crippen LogP contribution >= 0.6 is 31.9 Å². The van der Waals surface area contributed by atoms with Crippen LogP contribution in [0.15, 0.2) is 31.7 Å². The molecular formula is C9H6Br2N2O2. The van der Waals surface area contributed by atoms with Crippen molar-refractivity contribution in [2.75, 3.05) is 0 Å². The van der Waals surface area contributed by atoms with Crippen LogP contribution in [0.3, 0.4) is 0 Å². The second-order valence-electron chi connectivity index (χ2n) is 2.79. The van der Waals surface area contributed by atoms with Crippen molar-refractivity contribution in [1.82, 2.24) is 10.1 Å². The number of aliphatic hydroxyl groups excluding tert-OH is 1. The van der Waals surface area contributed by atoms with Crippen molar-refractivity contribution in [1.29, 1.82) is 0 Å². The molecule has 2 aromatic rings. The number of benzene rings is 1. The first-order chi connectivity index (χ1) is 7.20. The Hall–Kier alpha value is -0.720. The van der Waals surface area contributed by atoms with Crippen LogP contribution < -0.4 is 0 Å². The summed E-state index contributed by atoms with van der Waals surface area (Å²) < 4.78 is 6.63. The minimum Gasteiger partial charge on any atom is -0.387 e. The molecule has 0 aliphatic carbocycles. The van der Waals surface area contributed by atoms with E-state index in [1.54, 1.807) is 0 Å². The maximum atomic E-state index is 8.80. The number of halogens is 2. The normalized spacial score (nSPS) is 10.6. The van der Waals surface area contributed by atoms with E-state index in [-0.39, 0.29) is 12.5 Å². The van der Waals surface area contributed by atoms with Gasteiger partial charge in [-0.2, -0.15) is 4.98 Å². The Morgan fingerprint density at radius 3 is 2.73 bits per heavy atom. The van der Waals surface area contributed by atoms with Gasteiger partial charge in [0.25, 0.3) is 5.89 Å². The monoisotopic (exact) mass is 332 g/mol. The number of aromatic nitrogens is 2. The third-order valence-corrected chi connectivity index (χ3v) is 2.92. The maximum absolute atomic E-state index is 8.80. The largest absolute Gasteiger partial charge is 0.387 e. The fraction of sp³-hybridized carbons (Fsp3) is 0.111. The zero-order chi connectivity index (χ0) is 10.8. The van der Waals surface area contributed by atoms with E-state index in [2.05, 4.69) is 42.0 Å². The molecule has 0 unspecified atom stereocenters. The fourth-order valence-electron chi connectivity index (χ4n) is 1.10. The Kier molecular flexibility index (Phi) is 3.18. The predicted molar refractivity (Wildman–Crippen MR) is 61.1 cm³/mol. The van der Waals surface area contributed by atoms with Gasteiger partial charge in [0.15, 0.2) is 0 Å². The summed E-state index contributed by atoms with van der Waals surface area (Å²) >= 11 is 6.75. The molecule has 0 saturated carbocycles. The van der Waals surface area contributed by atoms with Crippen LogP contribution in [0.2, 0.25) is 0 Å². The maximum Gasteiger partial charge on any atom is 0.252 e. The molecule has 4 nitrogen and oxygen atoms in total. The molecule has 0 saturated heterocycles. The lowest BCUT2D eigenvalue weighted by molar-refractivity contribution is 0.222. The molecule has 0 aliphatic rings. The summed E-state index contributed by atoms with van der Waals surface area (Å²) in [4.78, 5) is 4.02. The van der Waals surface area contributed by atoms with Gasteiger partial charge in [0.1, 0.15) is 6.61 Å². The van der Waals surface area contributed by atoms with E-state index in [0.717, 1.165) is 14.5 Å². The van der Waals surface area contributed by atoms with E-state index in [1.165, 1.54) is 0 Å². The third kappa shape index (κ3) is 2.27. The first kappa shape index (κ1) is 10.8. The van der Waals surface area contributed by atoms with E-state index < -0.39 is 0 Å². The molecule has 0 spiro atoms. The van der Waals surface area contributed by atoms with Crippen molar-refractivity contribution in [2.24, 2.45) is 0 Å². The Bertz CT molecular complexity index is 485. The summed E-state index contributed by atoms with van der Waals surface area (Å²) in [6.07, 6.45) is 0. The Morgan fingerprint density at radius 1 is 1.33 bits per heavy atom. The van der Waals surface area contributed by atoms with Crippen LogP contribution in [0.5, 0.6) is 0 Å². The number of hydrogen-bond donors (Lipinski definition) is 1. The SMILES string of the molecule is OCc1nc(-c2ccc(Br)cc2Br)no1. The van der Waals surface area contributed by atoms with Gasteiger partial charge in [-0.25, -0.2) is 0 Å². The molecule has 15 heavy (non-hydrogen) atoms. The molecule has 0 atom stereocenters. The Labute approximate surface area is 103 Å². The summed E-state index contributed by atoms with van der Waals surface area (Å²) in [5.74, 6) is 0.665. The number of nitrogens with zero attached hydrogens (tertiary/aromatic N) is 2. The molecule has 0 aliphatic heterocycles. The van der Waals surface area contributed by atoms with E-state index in [9.17, 15) is 0 Å². The lowest BCUT2D eigenvalue weighted by Crippen LogP contribution is -1.84. The van der Waals surface area contributed by atoms with Crippen LogP contribution in [0.1, 0.15) is 5.89 Å². The second-order valence-corrected chi connectivity index (χ2v) is 4.56. The first-order valence-corrected chi connectivity index (χ1v) is 5.68. The second kappa shape index (κ2) is 4.42. The summed E-state index contributed by atoms with van der Waals surface area (Å²) in [6, 6.07) is 5.64. The molecule has 2 rings (SSSR count). The summed E-state index contributed by atoms with van der Waals surface area (Å²) in [5.41, 5.74) is 0.821. The van der Waals surface area contributed by atoms with Gasteiger partial charge in [-0.1, -0.05) is 21.1 Å². The van der Waals surface area contributed by atoms with Crippen molar-refractivity contribution >= 4 is 31.9 Å². The van der Waals surface area contributed by atoms with E-state index in [0.29, 0.717) is 5.82 Å². The van der Waals surface area contributed by atoms with Gasteiger partial charge >= 0.3 is 0 Å². The highest BCUT2D eigenvalue weighted by Crippen LogP contribution is 2.28. The van der Waals surface area contributed by atoms with Crippen molar-refractivity contribution in [3.8, 4) is 11.4 Å². The molecular weight excluding hydrogens is 328 g/mol. The lowest BCUT2D eigenvalue weighted by atomic mass is 10.2. The van der Waals surface area contributed by atoms with Gasteiger partial charge in [0, 0.05) is 14.5 Å². The molecule has 6 heteroatoms. The van der Waals surface area contributed by atoms with Crippen molar-refractivity contribution < 1.29 is 9.63 Å². The highest BCUT2D eigenvalue weighted by molar-refractivity contribution is 9.11. The number of hydrogen-bond acceptors (Lipinski definition) is 4. The molecule has 0 amide bonds. The summed E-state index contributed by atoms with van der Waals surface area (Å²) in [6.45, 7) is -0.249. The van der Waals surface area contributed by atoms with Crippen molar-refractivity contribution in [2.45, 2.75) is 6.61 Å². The van der Waals surface area contributed by atoms with E-state index >= 15 is 0 Å². The Balaban J connectivity index is 2.44. The topological polar surface area (TPSA) is 59.2 Å². The molecule has 1 aromatic carbocycles. The van der Waals surface area contributed by atoms with Gasteiger partial charge in [0.2, 0.25) is 5.82 Å². The minimum absolute atomic E-state index is 0.208. The zero-order valence-electron chi connectivity index (χ0n) is 7.44. The zero-order valence-corrected chi connectivity index (χ0v) is 10.6. The van der Waals surface area contributed by atoms with Crippen molar-refractivity contribution in [3.05, 3.63) is 33.0 Å². The van der Waals surface area contributed by atoms with E-state index in [1.807, 2.05) is 18.2 Å². The van der Waals surface area contributed by atoms with Gasteiger partial charge in [-0.15, -0.1) is 0 Å². The number of aliphatic hydroxyl groups is 1. The molecule has 1 aromatic heterocycles. The van der Waals surface area contributed by atoms with Crippen molar-refractivity contribution in [3.63, 3.8) is 0 Å². The number of rotatable bonds is 2. The average Bonchev–Trinajstić information content (AvgIpc) is 2.66. The smallest absolute Gasteiger partial charge is 0.252 e. The highest BCUT2D eigenvalue weighted by atomic mass is 79.9. The molecule has 78 valence electrons. The third-order valence-electron chi connectivity index (χ3n) is 1.78. The highest BCUT2D eigenvalue weighted by Gasteiger charge is 2.10. The van der Waals surface area contributed by atoms with E-state index in [4.69, 9.17) is 9.63 Å². The molecule has 0 fully saturated rings. The molecule has 0 bridgehead atoms. The first-order valence-electron chi connectivity index (χ1n) is 4.09. The lowest BCUT2D eigenvalue weighted by Gasteiger charge is -1.98. The molecule has 1 heterocycles. The van der Waals surface area contributed by atoms with Crippen LogP contribution in [0.25, 0.3) is 11.4 Å². The quantitative estimate of drug-likeness (QED) is 0.918. The minimum atomic E-state index is -0.249. The summed E-state index contributed by atoms with van der Waals surface area (Å²) in [5, 5.41) is 12.6. The fourth-order valence-corrected chi connectivity index (χ4v) is 2.32. The predicted octanol–water partition coefficient (Wildman–Crippen LogP) is 2.75. The molecule has 0 radical (unpaired) electrons. The van der Waals surface area contributed by atoms with Gasteiger partial charge in [-0.3, -0.25) is 0 Å². The van der Waals surface area contributed by atoms with Gasteiger partial charge in [0.05, 0.1) is 0 Å². The van der Waals surface area contributed by atoms with Gasteiger partial charge < -0.3 is 9.63 Å². The van der Waals surface area contributed by atoms with Gasteiger partial charge in [-0.05, 0) is 34.1 Å². The van der Waals surface area contributed by atoms with Crippen LogP contribution in [-0.2, 0) is 6.61 Å². The van der Waals surface area contributed by atoms with Crippen LogP contribution in [0.4, 0.5) is 0 Å². The van der Waals surface area contributed by atoms with Crippen LogP contribution in [0, 0.1) is 0 Å². The average molecular weight is 334 g/mol. The Morgan fingerprint density at radius 2 is 2.13 bits per heavy atom. The summed E-state index contributed by atoms with van der Waals surface area (Å²) in [7, 11) is 0. The molecule has 1 N–H and O–H groups in total.